The van der Waals surface area contributed by atoms with E-state index in [1.807, 2.05) is 0 Å². The third-order valence-electron chi connectivity index (χ3n) is 5.74. The van der Waals surface area contributed by atoms with Gasteiger partial charge in [0.2, 0.25) is 0 Å². The van der Waals surface area contributed by atoms with Crippen molar-refractivity contribution in [1.29, 1.82) is 0 Å². The normalized spacial score (nSPS) is 11.9. The highest BCUT2D eigenvalue weighted by molar-refractivity contribution is 9.36. The van der Waals surface area contributed by atoms with Gasteiger partial charge in [-0.05, 0) is 60.4 Å². The second-order valence-electron chi connectivity index (χ2n) is 8.18. The van der Waals surface area contributed by atoms with Crippen molar-refractivity contribution in [2.75, 3.05) is 6.16 Å². The topological polar surface area (TPSA) is 0 Å². The molecular weight excluding hydrogens is 435 g/mol. The van der Waals surface area contributed by atoms with Crippen molar-refractivity contribution in [2.45, 2.75) is 44.9 Å². The molecule has 0 radical (unpaired) electrons. The van der Waals surface area contributed by atoms with Crippen molar-refractivity contribution >= 4 is 22.8 Å². The van der Waals surface area contributed by atoms with Gasteiger partial charge in [-0.25, -0.2) is 0 Å². The molecule has 3 aromatic rings. The number of benzene rings is 3. The van der Waals surface area contributed by atoms with Gasteiger partial charge in [0.05, 0.1) is 0 Å². The molecule has 0 aromatic heterocycles. The van der Waals surface area contributed by atoms with Crippen LogP contribution in [0.15, 0.2) is 91.0 Å². The van der Waals surface area contributed by atoms with Gasteiger partial charge in [0.15, 0.2) is 0 Å². The second kappa shape index (κ2) is 12.3. The summed E-state index contributed by atoms with van der Waals surface area (Å²) in [4.78, 5) is 0. The maximum Gasteiger partial charge on any atom is -0.0176 e. The summed E-state index contributed by atoms with van der Waals surface area (Å²) in [6, 6.07) is 33.3. The standard InChI is InChI=1S/C27H32BrP/c28-29-20-12-4-11-19-27(21-24-13-5-1-6-14-24,22-25-15-7-2-8-16-25)23-26-17-9-3-10-18-26/h1-3,5-10,13-18,29H,4,11-12,19-23H2. The summed E-state index contributed by atoms with van der Waals surface area (Å²) in [7, 11) is 0.902. The lowest BCUT2D eigenvalue weighted by Crippen LogP contribution is -2.30. The Bertz CT molecular complexity index is 700. The molecule has 0 nitrogen and oxygen atoms in total. The number of rotatable bonds is 12. The quantitative estimate of drug-likeness (QED) is 0.186. The molecule has 0 fully saturated rings. The molecule has 152 valence electrons. The fourth-order valence-corrected chi connectivity index (χ4v) is 5.63. The van der Waals surface area contributed by atoms with Crippen LogP contribution in [-0.2, 0) is 19.3 Å². The van der Waals surface area contributed by atoms with E-state index in [4.69, 9.17) is 0 Å². The minimum Gasteiger partial charge on any atom is -0.0642 e. The molecule has 1 atom stereocenters. The minimum atomic E-state index is 0.251. The predicted molar refractivity (Wildman–Crippen MR) is 133 cm³/mol. The van der Waals surface area contributed by atoms with Crippen LogP contribution in [0.3, 0.4) is 0 Å². The highest BCUT2D eigenvalue weighted by Gasteiger charge is 2.30. The molecule has 0 aliphatic carbocycles. The van der Waals surface area contributed by atoms with Crippen LogP contribution in [0.5, 0.6) is 0 Å². The summed E-state index contributed by atoms with van der Waals surface area (Å²) in [5, 5.41) is 0. The van der Waals surface area contributed by atoms with Gasteiger partial charge in [-0.3, -0.25) is 0 Å². The SMILES string of the molecule is BrPCCCCCC(Cc1ccccc1)(Cc1ccccc1)Cc1ccccc1. The Kier molecular flexibility index (Phi) is 9.45. The molecular formula is C27H32BrP. The van der Waals surface area contributed by atoms with E-state index in [-0.39, 0.29) is 5.41 Å². The smallest absolute Gasteiger partial charge is 0.0176 e. The molecule has 0 spiro atoms. The molecule has 0 bridgehead atoms. The van der Waals surface area contributed by atoms with Gasteiger partial charge in [-0.2, -0.15) is 0 Å². The van der Waals surface area contributed by atoms with Gasteiger partial charge in [-0.15, -0.1) is 0 Å². The summed E-state index contributed by atoms with van der Waals surface area (Å²) in [5.41, 5.74) is 4.63. The number of hydrogen-bond donors (Lipinski definition) is 0. The molecule has 0 saturated carbocycles. The van der Waals surface area contributed by atoms with Crippen LogP contribution in [-0.4, -0.2) is 6.16 Å². The maximum atomic E-state index is 3.60. The molecule has 2 heteroatoms. The van der Waals surface area contributed by atoms with Crippen LogP contribution >= 0.6 is 22.8 Å². The van der Waals surface area contributed by atoms with Gasteiger partial charge in [0, 0.05) is 0 Å². The first-order valence-corrected chi connectivity index (χ1v) is 14.2. The van der Waals surface area contributed by atoms with Crippen molar-refractivity contribution < 1.29 is 0 Å². The first kappa shape index (κ1) is 22.3. The molecule has 0 heterocycles. The van der Waals surface area contributed by atoms with Crippen LogP contribution in [0, 0.1) is 5.41 Å². The van der Waals surface area contributed by atoms with E-state index in [9.17, 15) is 0 Å². The van der Waals surface area contributed by atoms with Crippen molar-refractivity contribution in [3.63, 3.8) is 0 Å². The lowest BCUT2D eigenvalue weighted by atomic mass is 9.69. The second-order valence-corrected chi connectivity index (χ2v) is 10.6. The van der Waals surface area contributed by atoms with Gasteiger partial charge in [0.1, 0.15) is 0 Å². The third kappa shape index (κ3) is 7.72. The van der Waals surface area contributed by atoms with Gasteiger partial charge >= 0.3 is 0 Å². The van der Waals surface area contributed by atoms with E-state index in [2.05, 4.69) is 106 Å². The van der Waals surface area contributed by atoms with Crippen LogP contribution in [0.1, 0.15) is 42.4 Å². The van der Waals surface area contributed by atoms with Crippen LogP contribution < -0.4 is 0 Å². The lowest BCUT2D eigenvalue weighted by Gasteiger charge is -2.35. The monoisotopic (exact) mass is 466 g/mol. The average Bonchev–Trinajstić information content (AvgIpc) is 2.76. The number of unbranched alkanes of at least 4 members (excludes halogenated alkanes) is 2. The molecule has 29 heavy (non-hydrogen) atoms. The van der Waals surface area contributed by atoms with Crippen LogP contribution in [0.25, 0.3) is 0 Å². The molecule has 3 rings (SSSR count). The van der Waals surface area contributed by atoms with E-state index >= 15 is 0 Å². The number of halogens is 1. The van der Waals surface area contributed by atoms with Crippen molar-refractivity contribution in [3.05, 3.63) is 108 Å². The molecule has 3 aromatic carbocycles. The summed E-state index contributed by atoms with van der Waals surface area (Å²) < 4.78 is 0. The number of hydrogen-bond acceptors (Lipinski definition) is 0. The zero-order valence-electron chi connectivity index (χ0n) is 17.2. The average molecular weight is 467 g/mol. The first-order chi connectivity index (χ1) is 14.3. The Labute approximate surface area is 186 Å². The Morgan fingerprint density at radius 1 is 0.552 bits per heavy atom. The molecule has 0 saturated heterocycles. The molecule has 0 aliphatic rings. The summed E-state index contributed by atoms with van der Waals surface area (Å²) in [6.07, 6.45) is 9.97. The maximum absolute atomic E-state index is 3.60. The third-order valence-corrected chi connectivity index (χ3v) is 7.48. The Morgan fingerprint density at radius 3 is 1.34 bits per heavy atom. The van der Waals surface area contributed by atoms with E-state index in [1.165, 1.54) is 48.5 Å². The highest BCUT2D eigenvalue weighted by atomic mass is 79.9. The van der Waals surface area contributed by atoms with E-state index < -0.39 is 0 Å². The van der Waals surface area contributed by atoms with Gasteiger partial charge < -0.3 is 0 Å². The van der Waals surface area contributed by atoms with Gasteiger partial charge in [0.25, 0.3) is 0 Å². The molecule has 0 amide bonds. The van der Waals surface area contributed by atoms with E-state index in [0.717, 1.165) is 26.5 Å². The summed E-state index contributed by atoms with van der Waals surface area (Å²) >= 11 is 3.60. The Morgan fingerprint density at radius 2 is 0.966 bits per heavy atom. The highest BCUT2D eigenvalue weighted by Crippen LogP contribution is 2.37. The fraction of sp³-hybridized carbons (Fsp3) is 0.333. The van der Waals surface area contributed by atoms with Crippen molar-refractivity contribution in [1.82, 2.24) is 0 Å². The minimum absolute atomic E-state index is 0.251. The Hall–Kier alpha value is -1.43. The zero-order chi connectivity index (χ0) is 20.2. The van der Waals surface area contributed by atoms with E-state index in [0.29, 0.717) is 0 Å². The first-order valence-electron chi connectivity index (χ1n) is 10.7. The lowest BCUT2D eigenvalue weighted by molar-refractivity contribution is 0.244. The fourth-order valence-electron chi connectivity index (χ4n) is 4.41. The summed E-state index contributed by atoms with van der Waals surface area (Å²) in [5.74, 6) is 0. The van der Waals surface area contributed by atoms with Crippen molar-refractivity contribution in [2.24, 2.45) is 5.41 Å². The predicted octanol–water partition coefficient (Wildman–Crippen LogP) is 8.25. The zero-order valence-corrected chi connectivity index (χ0v) is 19.8. The largest absolute Gasteiger partial charge is 0.0642 e. The molecule has 0 N–H and O–H groups in total. The molecule has 1 unspecified atom stereocenters. The van der Waals surface area contributed by atoms with Crippen molar-refractivity contribution in [3.8, 4) is 0 Å². The van der Waals surface area contributed by atoms with Gasteiger partial charge in [-0.1, -0.05) is 127 Å². The summed E-state index contributed by atoms with van der Waals surface area (Å²) in [6.45, 7) is 0. The van der Waals surface area contributed by atoms with E-state index in [1.54, 1.807) is 0 Å². The van der Waals surface area contributed by atoms with Crippen LogP contribution in [0.4, 0.5) is 0 Å². The van der Waals surface area contributed by atoms with Crippen LogP contribution in [0.2, 0.25) is 0 Å². The molecule has 0 aliphatic heterocycles. The Balaban J connectivity index is 1.87.